The fraction of sp³-hybridized carbons (Fsp3) is 0.467. The molecule has 1 aliphatic heterocycles. The molecule has 2 rings (SSSR count). The van der Waals surface area contributed by atoms with Gasteiger partial charge in [0.2, 0.25) is 11.8 Å². The van der Waals surface area contributed by atoms with Crippen molar-refractivity contribution in [2.45, 2.75) is 25.6 Å². The van der Waals surface area contributed by atoms with E-state index in [4.69, 9.17) is 4.74 Å². The number of benzene rings is 1. The molecule has 21 heavy (non-hydrogen) atoms. The van der Waals surface area contributed by atoms with Crippen molar-refractivity contribution in [2.75, 3.05) is 19.8 Å². The molecule has 6 heteroatoms. The predicted molar refractivity (Wildman–Crippen MR) is 78.5 cm³/mol. The normalized spacial score (nSPS) is 19.6. The maximum absolute atomic E-state index is 12.0. The number of hydrogen-bond acceptors (Lipinski definition) is 4. The number of carbonyl (C=O) groups is 2. The highest BCUT2D eigenvalue weighted by Crippen LogP contribution is 1.98. The molecule has 0 bridgehead atoms. The molecule has 0 aromatic heterocycles. The van der Waals surface area contributed by atoms with Crippen LogP contribution in [0.25, 0.3) is 0 Å². The number of hydrogen-bond donors (Lipinski definition) is 3. The van der Waals surface area contributed by atoms with Gasteiger partial charge in [-0.3, -0.25) is 9.59 Å². The minimum absolute atomic E-state index is 0.205. The van der Waals surface area contributed by atoms with Gasteiger partial charge >= 0.3 is 0 Å². The van der Waals surface area contributed by atoms with Crippen molar-refractivity contribution in [2.24, 2.45) is 0 Å². The Bertz CT molecular complexity index is 472. The highest BCUT2D eigenvalue weighted by Gasteiger charge is 2.24. The summed E-state index contributed by atoms with van der Waals surface area (Å²) in [6.45, 7) is 3.71. The lowest BCUT2D eigenvalue weighted by molar-refractivity contribution is -0.131. The molecule has 0 aliphatic carbocycles. The van der Waals surface area contributed by atoms with E-state index in [1.165, 1.54) is 0 Å². The molecular weight excluding hydrogens is 270 g/mol. The molecule has 1 aliphatic rings. The average Bonchev–Trinajstić information content (AvgIpc) is 2.54. The van der Waals surface area contributed by atoms with Crippen LogP contribution in [0.15, 0.2) is 30.3 Å². The third-order valence-corrected chi connectivity index (χ3v) is 3.30. The minimum Gasteiger partial charge on any atom is -0.378 e. The molecule has 0 saturated carbocycles. The van der Waals surface area contributed by atoms with Crippen LogP contribution in [0.3, 0.4) is 0 Å². The molecule has 0 spiro atoms. The van der Waals surface area contributed by atoms with Crippen molar-refractivity contribution in [1.82, 2.24) is 16.0 Å². The van der Waals surface area contributed by atoms with Gasteiger partial charge in [0.15, 0.2) is 0 Å². The molecular formula is C15H21N3O3. The van der Waals surface area contributed by atoms with Crippen LogP contribution in [0.1, 0.15) is 12.5 Å². The Hall–Kier alpha value is -1.92. The summed E-state index contributed by atoms with van der Waals surface area (Å²) in [7, 11) is 0. The number of rotatable bonds is 5. The Morgan fingerprint density at radius 1 is 1.38 bits per heavy atom. The van der Waals surface area contributed by atoms with E-state index in [1.54, 1.807) is 6.92 Å². The first kappa shape index (κ1) is 15.5. The third-order valence-electron chi connectivity index (χ3n) is 3.30. The van der Waals surface area contributed by atoms with Gasteiger partial charge in [0.1, 0.15) is 12.1 Å². The highest BCUT2D eigenvalue weighted by molar-refractivity contribution is 5.89. The quantitative estimate of drug-likeness (QED) is 0.702. The molecule has 6 nitrogen and oxygen atoms in total. The van der Waals surface area contributed by atoms with Gasteiger partial charge in [-0.2, -0.15) is 0 Å². The molecule has 2 atom stereocenters. The van der Waals surface area contributed by atoms with Crippen LogP contribution >= 0.6 is 0 Å². The Balaban J connectivity index is 1.75. The van der Waals surface area contributed by atoms with Crippen LogP contribution in [0.4, 0.5) is 0 Å². The van der Waals surface area contributed by atoms with Crippen LogP contribution in [-0.2, 0) is 20.9 Å². The van der Waals surface area contributed by atoms with Crippen molar-refractivity contribution < 1.29 is 14.3 Å². The topological polar surface area (TPSA) is 79.5 Å². The first-order chi connectivity index (χ1) is 10.2. The molecule has 2 amide bonds. The molecule has 1 fully saturated rings. The fourth-order valence-electron chi connectivity index (χ4n) is 2.05. The second kappa shape index (κ2) is 7.75. The minimum atomic E-state index is -0.579. The second-order valence-electron chi connectivity index (χ2n) is 5.02. The third kappa shape index (κ3) is 4.84. The fourth-order valence-corrected chi connectivity index (χ4v) is 2.05. The number of ether oxygens (including phenoxy) is 1. The summed E-state index contributed by atoms with van der Waals surface area (Å²) in [5.74, 6) is -0.416. The average molecular weight is 291 g/mol. The van der Waals surface area contributed by atoms with Gasteiger partial charge in [0.25, 0.3) is 0 Å². The Labute approximate surface area is 124 Å². The van der Waals surface area contributed by atoms with Gasteiger partial charge in [-0.1, -0.05) is 30.3 Å². The largest absolute Gasteiger partial charge is 0.378 e. The smallest absolute Gasteiger partial charge is 0.242 e. The second-order valence-corrected chi connectivity index (χ2v) is 5.02. The standard InChI is InChI=1S/C15H21N3O3/c1-11(18-15(20)13-10-21-8-7-16-13)14(19)17-9-12-5-3-2-4-6-12/h2-6,11,13,16H,7-10H2,1H3,(H,17,19)(H,18,20). The van der Waals surface area contributed by atoms with Crippen molar-refractivity contribution in [1.29, 1.82) is 0 Å². The maximum Gasteiger partial charge on any atom is 0.242 e. The summed E-state index contributed by atoms with van der Waals surface area (Å²) >= 11 is 0. The van der Waals surface area contributed by atoms with E-state index in [0.29, 0.717) is 26.3 Å². The summed E-state index contributed by atoms with van der Waals surface area (Å²) in [4.78, 5) is 23.9. The lowest BCUT2D eigenvalue weighted by Crippen LogP contribution is -2.55. The van der Waals surface area contributed by atoms with Crippen molar-refractivity contribution >= 4 is 11.8 Å². The Kier molecular flexibility index (Phi) is 5.71. The van der Waals surface area contributed by atoms with Crippen LogP contribution < -0.4 is 16.0 Å². The number of morpholine rings is 1. The van der Waals surface area contributed by atoms with Gasteiger partial charge in [0.05, 0.1) is 13.2 Å². The van der Waals surface area contributed by atoms with E-state index in [1.807, 2.05) is 30.3 Å². The zero-order valence-electron chi connectivity index (χ0n) is 12.1. The number of amides is 2. The van der Waals surface area contributed by atoms with Gasteiger partial charge in [-0.05, 0) is 12.5 Å². The van der Waals surface area contributed by atoms with E-state index < -0.39 is 6.04 Å². The molecule has 1 saturated heterocycles. The van der Waals surface area contributed by atoms with E-state index in [9.17, 15) is 9.59 Å². The summed E-state index contributed by atoms with van der Waals surface area (Å²) in [5, 5.41) is 8.55. The van der Waals surface area contributed by atoms with E-state index in [-0.39, 0.29) is 17.9 Å². The van der Waals surface area contributed by atoms with Crippen LogP contribution in [-0.4, -0.2) is 43.7 Å². The molecule has 1 aromatic rings. The molecule has 3 N–H and O–H groups in total. The van der Waals surface area contributed by atoms with Gasteiger partial charge in [0, 0.05) is 13.1 Å². The van der Waals surface area contributed by atoms with Crippen molar-refractivity contribution in [3.63, 3.8) is 0 Å². The van der Waals surface area contributed by atoms with E-state index in [2.05, 4.69) is 16.0 Å². The molecule has 114 valence electrons. The highest BCUT2D eigenvalue weighted by atomic mass is 16.5. The zero-order valence-corrected chi connectivity index (χ0v) is 12.1. The van der Waals surface area contributed by atoms with Crippen molar-refractivity contribution in [3.8, 4) is 0 Å². The lowest BCUT2D eigenvalue weighted by atomic mass is 10.2. The molecule has 2 unspecified atom stereocenters. The Morgan fingerprint density at radius 3 is 2.81 bits per heavy atom. The molecule has 1 aromatic carbocycles. The maximum atomic E-state index is 12.0. The lowest BCUT2D eigenvalue weighted by Gasteiger charge is -2.24. The van der Waals surface area contributed by atoms with E-state index >= 15 is 0 Å². The SMILES string of the molecule is CC(NC(=O)C1COCCN1)C(=O)NCc1ccccc1. The van der Waals surface area contributed by atoms with Gasteiger partial charge < -0.3 is 20.7 Å². The van der Waals surface area contributed by atoms with Crippen molar-refractivity contribution in [3.05, 3.63) is 35.9 Å². The monoisotopic (exact) mass is 291 g/mol. The summed E-state index contributed by atoms with van der Waals surface area (Å²) in [6.07, 6.45) is 0. The molecule has 0 radical (unpaired) electrons. The van der Waals surface area contributed by atoms with E-state index in [0.717, 1.165) is 5.56 Å². The summed E-state index contributed by atoms with van der Waals surface area (Å²) < 4.78 is 5.23. The van der Waals surface area contributed by atoms with Gasteiger partial charge in [-0.25, -0.2) is 0 Å². The molecule has 1 heterocycles. The summed E-state index contributed by atoms with van der Waals surface area (Å²) in [6, 6.07) is 8.67. The predicted octanol–water partition coefficient (Wildman–Crippen LogP) is -0.204. The van der Waals surface area contributed by atoms with Crippen LogP contribution in [0.2, 0.25) is 0 Å². The zero-order chi connectivity index (χ0) is 15.1. The Morgan fingerprint density at radius 2 is 2.14 bits per heavy atom. The van der Waals surface area contributed by atoms with Gasteiger partial charge in [-0.15, -0.1) is 0 Å². The first-order valence-electron chi connectivity index (χ1n) is 7.10. The number of nitrogens with one attached hydrogen (secondary N) is 3. The first-order valence-corrected chi connectivity index (χ1v) is 7.10. The number of carbonyl (C=O) groups excluding carboxylic acids is 2. The van der Waals surface area contributed by atoms with Crippen LogP contribution in [0.5, 0.6) is 0 Å². The summed E-state index contributed by atoms with van der Waals surface area (Å²) in [5.41, 5.74) is 1.02. The van der Waals surface area contributed by atoms with Crippen LogP contribution in [0, 0.1) is 0 Å².